The van der Waals surface area contributed by atoms with Crippen LogP contribution in [0.1, 0.15) is 10.4 Å². The van der Waals surface area contributed by atoms with Crippen LogP contribution in [-0.2, 0) is 4.74 Å². The minimum atomic E-state index is -0.275. The van der Waals surface area contributed by atoms with Crippen molar-refractivity contribution in [2.45, 2.75) is 6.04 Å². The third-order valence-corrected chi connectivity index (χ3v) is 3.16. The number of amides is 1. The Morgan fingerprint density at radius 1 is 1.69 bits per heavy atom. The molecule has 1 aliphatic heterocycles. The van der Waals surface area contributed by atoms with E-state index in [1.54, 1.807) is 11.0 Å². The van der Waals surface area contributed by atoms with Crippen LogP contribution >= 0.6 is 15.9 Å². The van der Waals surface area contributed by atoms with Crippen LogP contribution in [0.2, 0.25) is 0 Å². The minimum absolute atomic E-state index is 0.0960. The summed E-state index contributed by atoms with van der Waals surface area (Å²) in [5.74, 6) is -0.150. The van der Waals surface area contributed by atoms with Crippen molar-refractivity contribution in [1.82, 2.24) is 4.90 Å². The zero-order valence-corrected chi connectivity index (χ0v) is 10.1. The first kappa shape index (κ1) is 11.6. The Balaban J connectivity index is 2.17. The van der Waals surface area contributed by atoms with Crippen LogP contribution in [0.4, 0.5) is 0 Å². The number of halogens is 1. The van der Waals surface area contributed by atoms with E-state index in [-0.39, 0.29) is 18.6 Å². The Hall–Kier alpha value is -0.850. The number of hydrogen-bond acceptors (Lipinski definition) is 4. The number of morpholine rings is 1. The highest BCUT2D eigenvalue weighted by Crippen LogP contribution is 2.21. The van der Waals surface area contributed by atoms with E-state index in [0.29, 0.717) is 30.0 Å². The van der Waals surface area contributed by atoms with Crippen molar-refractivity contribution in [2.24, 2.45) is 0 Å². The van der Waals surface area contributed by atoms with E-state index in [4.69, 9.17) is 14.3 Å². The molecule has 2 heterocycles. The molecule has 0 radical (unpaired) electrons. The Morgan fingerprint density at radius 3 is 3.12 bits per heavy atom. The monoisotopic (exact) mass is 289 g/mol. The van der Waals surface area contributed by atoms with Crippen LogP contribution in [0.5, 0.6) is 0 Å². The molecule has 6 heteroatoms. The van der Waals surface area contributed by atoms with Gasteiger partial charge in [0.05, 0.1) is 37.7 Å². The smallest absolute Gasteiger partial charge is 0.258 e. The molecule has 1 amide bonds. The Labute approximate surface area is 101 Å². The lowest BCUT2D eigenvalue weighted by Crippen LogP contribution is -2.50. The van der Waals surface area contributed by atoms with Crippen molar-refractivity contribution in [3.63, 3.8) is 0 Å². The Kier molecular flexibility index (Phi) is 3.63. The molecule has 16 heavy (non-hydrogen) atoms. The highest BCUT2D eigenvalue weighted by atomic mass is 79.9. The third-order valence-electron chi connectivity index (χ3n) is 2.55. The van der Waals surface area contributed by atoms with E-state index in [1.165, 1.54) is 6.26 Å². The van der Waals surface area contributed by atoms with Gasteiger partial charge in [-0.1, -0.05) is 0 Å². The summed E-state index contributed by atoms with van der Waals surface area (Å²) in [6, 6.07) is 1.33. The zero-order valence-electron chi connectivity index (χ0n) is 8.56. The van der Waals surface area contributed by atoms with E-state index in [2.05, 4.69) is 15.9 Å². The van der Waals surface area contributed by atoms with Crippen molar-refractivity contribution >= 4 is 21.8 Å². The molecule has 1 N–H and O–H groups in total. The van der Waals surface area contributed by atoms with Gasteiger partial charge < -0.3 is 19.2 Å². The molecule has 1 saturated heterocycles. The summed E-state index contributed by atoms with van der Waals surface area (Å²) < 4.78 is 10.6. The molecule has 1 aromatic heterocycles. The molecule has 0 aliphatic carbocycles. The van der Waals surface area contributed by atoms with Gasteiger partial charge in [-0.3, -0.25) is 4.79 Å². The van der Waals surface area contributed by atoms with E-state index < -0.39 is 0 Å². The van der Waals surface area contributed by atoms with E-state index in [9.17, 15) is 4.79 Å². The Bertz CT molecular complexity index is 379. The molecule has 0 spiro atoms. The summed E-state index contributed by atoms with van der Waals surface area (Å²) in [4.78, 5) is 13.7. The molecule has 1 unspecified atom stereocenters. The number of ether oxygens (including phenoxy) is 1. The lowest BCUT2D eigenvalue weighted by molar-refractivity contribution is -0.0184. The fourth-order valence-electron chi connectivity index (χ4n) is 1.67. The summed E-state index contributed by atoms with van der Waals surface area (Å²) in [5.41, 5.74) is 0.473. The average molecular weight is 290 g/mol. The minimum Gasteiger partial charge on any atom is -0.457 e. The van der Waals surface area contributed by atoms with Crippen molar-refractivity contribution in [2.75, 3.05) is 26.4 Å². The van der Waals surface area contributed by atoms with Crippen LogP contribution < -0.4 is 0 Å². The number of nitrogens with zero attached hydrogens (tertiary/aromatic N) is 1. The first-order valence-corrected chi connectivity index (χ1v) is 5.76. The van der Waals surface area contributed by atoms with E-state index in [1.807, 2.05) is 0 Å². The number of rotatable bonds is 2. The predicted octanol–water partition coefficient (Wildman–Crippen LogP) is 0.875. The van der Waals surface area contributed by atoms with Crippen molar-refractivity contribution in [1.29, 1.82) is 0 Å². The zero-order chi connectivity index (χ0) is 11.5. The van der Waals surface area contributed by atoms with Gasteiger partial charge in [0.1, 0.15) is 0 Å². The molecular weight excluding hydrogens is 278 g/mol. The van der Waals surface area contributed by atoms with Gasteiger partial charge in [0.15, 0.2) is 4.67 Å². The fourth-order valence-corrected chi connectivity index (χ4v) is 2.08. The summed E-state index contributed by atoms with van der Waals surface area (Å²) in [6.45, 7) is 1.26. The molecule has 88 valence electrons. The van der Waals surface area contributed by atoms with Gasteiger partial charge in [0, 0.05) is 6.54 Å². The van der Waals surface area contributed by atoms with Gasteiger partial charge >= 0.3 is 0 Å². The lowest BCUT2D eigenvalue weighted by atomic mass is 10.2. The molecule has 1 fully saturated rings. The highest BCUT2D eigenvalue weighted by Gasteiger charge is 2.29. The standard InChI is InChI=1S/C10H12BrNO4/c11-9-8(1-3-16-9)10(14)12-2-4-15-6-7(12)5-13/h1,3,7,13H,2,4-6H2. The van der Waals surface area contributed by atoms with Gasteiger partial charge in [0.25, 0.3) is 5.91 Å². The molecule has 0 aromatic carbocycles. The molecule has 2 rings (SSSR count). The number of carbonyl (C=O) groups excluding carboxylic acids is 1. The average Bonchev–Trinajstić information content (AvgIpc) is 2.74. The largest absolute Gasteiger partial charge is 0.457 e. The normalized spacial score (nSPS) is 21.1. The van der Waals surface area contributed by atoms with Crippen molar-refractivity contribution < 1.29 is 19.1 Å². The van der Waals surface area contributed by atoms with Gasteiger partial charge in [-0.15, -0.1) is 0 Å². The number of aliphatic hydroxyl groups is 1. The van der Waals surface area contributed by atoms with Crippen LogP contribution in [-0.4, -0.2) is 48.3 Å². The van der Waals surface area contributed by atoms with Gasteiger partial charge in [-0.05, 0) is 22.0 Å². The van der Waals surface area contributed by atoms with Gasteiger partial charge in [-0.2, -0.15) is 0 Å². The molecular formula is C10H12BrNO4. The number of furan rings is 1. The van der Waals surface area contributed by atoms with Crippen LogP contribution in [0.25, 0.3) is 0 Å². The topological polar surface area (TPSA) is 62.9 Å². The highest BCUT2D eigenvalue weighted by molar-refractivity contribution is 9.10. The molecule has 0 bridgehead atoms. The predicted molar refractivity (Wildman–Crippen MR) is 59.1 cm³/mol. The van der Waals surface area contributed by atoms with Crippen LogP contribution in [0.3, 0.4) is 0 Å². The molecule has 0 saturated carbocycles. The SMILES string of the molecule is O=C(c1ccoc1Br)N1CCOCC1CO. The Morgan fingerprint density at radius 2 is 2.50 bits per heavy atom. The molecule has 1 atom stereocenters. The van der Waals surface area contributed by atoms with Crippen LogP contribution in [0.15, 0.2) is 21.4 Å². The van der Waals surface area contributed by atoms with Gasteiger partial charge in [0.2, 0.25) is 0 Å². The fraction of sp³-hybridized carbons (Fsp3) is 0.500. The van der Waals surface area contributed by atoms with Crippen LogP contribution in [0, 0.1) is 0 Å². The molecule has 1 aliphatic rings. The van der Waals surface area contributed by atoms with Crippen molar-refractivity contribution in [3.8, 4) is 0 Å². The third kappa shape index (κ3) is 2.14. The summed E-state index contributed by atoms with van der Waals surface area (Å²) in [7, 11) is 0. The summed E-state index contributed by atoms with van der Waals surface area (Å²) in [5, 5.41) is 9.17. The maximum absolute atomic E-state index is 12.1. The summed E-state index contributed by atoms with van der Waals surface area (Å²) in [6.07, 6.45) is 1.45. The first-order chi connectivity index (χ1) is 7.74. The number of carbonyl (C=O) groups is 1. The second kappa shape index (κ2) is 4.99. The first-order valence-electron chi connectivity index (χ1n) is 4.96. The second-order valence-corrected chi connectivity index (χ2v) is 4.24. The van der Waals surface area contributed by atoms with E-state index >= 15 is 0 Å². The quantitative estimate of drug-likeness (QED) is 0.878. The molecule has 1 aromatic rings. The van der Waals surface area contributed by atoms with Crippen molar-refractivity contribution in [3.05, 3.63) is 22.6 Å². The molecule has 5 nitrogen and oxygen atoms in total. The van der Waals surface area contributed by atoms with Gasteiger partial charge in [-0.25, -0.2) is 0 Å². The maximum atomic E-state index is 12.1. The second-order valence-electron chi connectivity index (χ2n) is 3.52. The van der Waals surface area contributed by atoms with E-state index in [0.717, 1.165) is 0 Å². The maximum Gasteiger partial charge on any atom is 0.258 e. The lowest BCUT2D eigenvalue weighted by Gasteiger charge is -2.34. The summed E-state index contributed by atoms with van der Waals surface area (Å²) >= 11 is 3.17. The number of aliphatic hydroxyl groups excluding tert-OH is 1. The number of hydrogen-bond donors (Lipinski definition) is 1.